The van der Waals surface area contributed by atoms with Gasteiger partial charge in [0.15, 0.2) is 5.65 Å². The lowest BCUT2D eigenvalue weighted by molar-refractivity contribution is 0.337. The number of likely N-dealkylation sites (N-methyl/N-ethyl adjacent to an activating group) is 1. The van der Waals surface area contributed by atoms with Gasteiger partial charge in [-0.1, -0.05) is 0 Å². The minimum absolute atomic E-state index is 0.658. The molecule has 2 aromatic rings. The molecule has 1 aliphatic rings. The van der Waals surface area contributed by atoms with E-state index < -0.39 is 0 Å². The van der Waals surface area contributed by atoms with Crippen LogP contribution >= 0.6 is 0 Å². The Balaban J connectivity index is 1.56. The van der Waals surface area contributed by atoms with E-state index in [4.69, 9.17) is 0 Å². The molecule has 90 valence electrons. The summed E-state index contributed by atoms with van der Waals surface area (Å²) in [5.41, 5.74) is 0.658. The van der Waals surface area contributed by atoms with Gasteiger partial charge < -0.3 is 10.2 Å². The third-order valence-electron chi connectivity index (χ3n) is 3.01. The minimum atomic E-state index is 0.658. The smallest absolute Gasteiger partial charge is 0.200 e. The van der Waals surface area contributed by atoms with Crippen molar-refractivity contribution in [2.24, 2.45) is 0 Å². The van der Waals surface area contributed by atoms with Gasteiger partial charge in [-0.15, -0.1) is 14.8 Å². The number of anilines is 1. The first-order valence-electron chi connectivity index (χ1n) is 5.82. The quantitative estimate of drug-likeness (QED) is 0.785. The van der Waals surface area contributed by atoms with Crippen molar-refractivity contribution in [1.82, 2.24) is 30.2 Å². The normalized spacial score (nSPS) is 15.6. The second-order valence-corrected chi connectivity index (χ2v) is 4.38. The fourth-order valence-electron chi connectivity index (χ4n) is 1.80. The van der Waals surface area contributed by atoms with Crippen LogP contribution in [0.4, 0.5) is 5.82 Å². The number of tetrazole rings is 1. The van der Waals surface area contributed by atoms with Crippen LogP contribution < -0.4 is 5.32 Å². The van der Waals surface area contributed by atoms with Crippen molar-refractivity contribution in [1.29, 1.82) is 0 Å². The molecule has 2 aromatic heterocycles. The summed E-state index contributed by atoms with van der Waals surface area (Å²) in [6.45, 7) is 1.91. The molecule has 3 rings (SSSR count). The number of hydrogen-bond acceptors (Lipinski definition) is 6. The van der Waals surface area contributed by atoms with Crippen LogP contribution in [-0.4, -0.2) is 56.3 Å². The average Bonchev–Trinajstić information content (AvgIpc) is 3.08. The highest BCUT2D eigenvalue weighted by molar-refractivity contribution is 5.41. The molecule has 17 heavy (non-hydrogen) atoms. The van der Waals surface area contributed by atoms with Crippen molar-refractivity contribution < 1.29 is 0 Å². The third kappa shape index (κ3) is 2.33. The van der Waals surface area contributed by atoms with Gasteiger partial charge in [0.2, 0.25) is 0 Å². The zero-order valence-electron chi connectivity index (χ0n) is 9.74. The van der Waals surface area contributed by atoms with Crippen LogP contribution in [0.1, 0.15) is 12.8 Å². The standard InChI is InChI=1S/C10H15N7/c1-16(8-2-3-8)7-6-11-9-4-5-10-12-14-15-17(10)13-9/h4-5,8H,2-3,6-7H2,1H3,(H,11,13). The number of hydrogen-bond donors (Lipinski definition) is 1. The molecular weight excluding hydrogens is 218 g/mol. The Kier molecular flexibility index (Phi) is 2.60. The summed E-state index contributed by atoms with van der Waals surface area (Å²) in [6, 6.07) is 4.54. The SMILES string of the molecule is CN(CCNc1ccc2nnnn2n1)C1CC1. The lowest BCUT2D eigenvalue weighted by Gasteiger charge is -2.15. The summed E-state index contributed by atoms with van der Waals surface area (Å²) >= 11 is 0. The zero-order chi connectivity index (χ0) is 11.7. The molecule has 0 saturated heterocycles. The van der Waals surface area contributed by atoms with E-state index >= 15 is 0 Å². The first-order valence-corrected chi connectivity index (χ1v) is 5.82. The molecule has 0 aromatic carbocycles. The van der Waals surface area contributed by atoms with Crippen LogP contribution in [0, 0.1) is 0 Å². The van der Waals surface area contributed by atoms with Gasteiger partial charge in [0.25, 0.3) is 0 Å². The molecule has 1 N–H and O–H groups in total. The highest BCUT2D eigenvalue weighted by Crippen LogP contribution is 2.24. The minimum Gasteiger partial charge on any atom is -0.367 e. The Bertz CT molecular complexity index is 504. The van der Waals surface area contributed by atoms with E-state index in [0.29, 0.717) is 5.65 Å². The van der Waals surface area contributed by atoms with Gasteiger partial charge in [-0.3, -0.25) is 0 Å². The molecule has 1 aliphatic carbocycles. The highest BCUT2D eigenvalue weighted by Gasteiger charge is 2.25. The first-order chi connectivity index (χ1) is 8.33. The van der Waals surface area contributed by atoms with E-state index in [1.807, 2.05) is 12.1 Å². The van der Waals surface area contributed by atoms with Crippen LogP contribution in [0.15, 0.2) is 12.1 Å². The lowest BCUT2D eigenvalue weighted by Crippen LogP contribution is -2.27. The van der Waals surface area contributed by atoms with Crippen molar-refractivity contribution in [2.45, 2.75) is 18.9 Å². The van der Waals surface area contributed by atoms with E-state index in [2.05, 4.69) is 37.9 Å². The molecule has 7 nitrogen and oxygen atoms in total. The molecule has 7 heteroatoms. The van der Waals surface area contributed by atoms with E-state index in [1.165, 1.54) is 17.5 Å². The summed E-state index contributed by atoms with van der Waals surface area (Å²) in [5, 5.41) is 18.6. The van der Waals surface area contributed by atoms with Crippen molar-refractivity contribution in [3.63, 3.8) is 0 Å². The van der Waals surface area contributed by atoms with Gasteiger partial charge in [0.1, 0.15) is 5.82 Å². The highest BCUT2D eigenvalue weighted by atomic mass is 15.6. The van der Waals surface area contributed by atoms with Crippen LogP contribution in [0.5, 0.6) is 0 Å². The predicted molar refractivity (Wildman–Crippen MR) is 62.7 cm³/mol. The molecule has 0 aliphatic heterocycles. The van der Waals surface area contributed by atoms with E-state index in [-0.39, 0.29) is 0 Å². The van der Waals surface area contributed by atoms with Gasteiger partial charge in [-0.05, 0) is 42.4 Å². The number of nitrogens with zero attached hydrogens (tertiary/aromatic N) is 6. The lowest BCUT2D eigenvalue weighted by atomic mass is 10.4. The summed E-state index contributed by atoms with van der Waals surface area (Å²) in [6.07, 6.45) is 2.68. The average molecular weight is 233 g/mol. The first kappa shape index (κ1) is 10.4. The number of nitrogens with one attached hydrogen (secondary N) is 1. The largest absolute Gasteiger partial charge is 0.367 e. The third-order valence-corrected chi connectivity index (χ3v) is 3.01. The second kappa shape index (κ2) is 4.25. The van der Waals surface area contributed by atoms with Crippen LogP contribution in [0.3, 0.4) is 0 Å². The molecule has 2 heterocycles. The fourth-order valence-corrected chi connectivity index (χ4v) is 1.80. The summed E-state index contributed by atoms with van der Waals surface area (Å²) in [5.74, 6) is 0.800. The number of aromatic nitrogens is 5. The van der Waals surface area contributed by atoms with Crippen LogP contribution in [0.2, 0.25) is 0 Å². The van der Waals surface area contributed by atoms with Gasteiger partial charge in [-0.2, -0.15) is 0 Å². The fraction of sp³-hybridized carbons (Fsp3) is 0.600. The van der Waals surface area contributed by atoms with Crippen molar-refractivity contribution in [3.8, 4) is 0 Å². The molecule has 0 radical (unpaired) electrons. The van der Waals surface area contributed by atoms with E-state index in [9.17, 15) is 0 Å². The van der Waals surface area contributed by atoms with Gasteiger partial charge in [-0.25, -0.2) is 0 Å². The van der Waals surface area contributed by atoms with Crippen LogP contribution in [0.25, 0.3) is 5.65 Å². The maximum Gasteiger partial charge on any atom is 0.200 e. The Labute approximate surface area is 98.8 Å². The molecule has 0 atom stereocenters. The van der Waals surface area contributed by atoms with Gasteiger partial charge in [0, 0.05) is 19.1 Å². The number of rotatable bonds is 5. The van der Waals surface area contributed by atoms with Gasteiger partial charge >= 0.3 is 0 Å². The Morgan fingerprint density at radius 2 is 2.35 bits per heavy atom. The summed E-state index contributed by atoms with van der Waals surface area (Å²) < 4.78 is 1.42. The van der Waals surface area contributed by atoms with E-state index in [0.717, 1.165) is 24.9 Å². The Morgan fingerprint density at radius 1 is 1.47 bits per heavy atom. The van der Waals surface area contributed by atoms with E-state index in [1.54, 1.807) is 0 Å². The van der Waals surface area contributed by atoms with Crippen molar-refractivity contribution in [3.05, 3.63) is 12.1 Å². The second-order valence-electron chi connectivity index (χ2n) is 4.38. The Morgan fingerprint density at radius 3 is 3.18 bits per heavy atom. The molecule has 0 amide bonds. The molecule has 0 spiro atoms. The molecular formula is C10H15N7. The number of fused-ring (bicyclic) bond motifs is 1. The molecule has 0 bridgehead atoms. The van der Waals surface area contributed by atoms with Crippen molar-refractivity contribution >= 4 is 11.5 Å². The monoisotopic (exact) mass is 233 g/mol. The zero-order valence-corrected chi connectivity index (χ0v) is 9.74. The Hall–Kier alpha value is -1.76. The summed E-state index contributed by atoms with van der Waals surface area (Å²) in [4.78, 5) is 2.38. The maximum absolute atomic E-state index is 4.24. The van der Waals surface area contributed by atoms with Crippen molar-refractivity contribution in [2.75, 3.05) is 25.5 Å². The predicted octanol–water partition coefficient (Wildman–Crippen LogP) is 0.0254. The van der Waals surface area contributed by atoms with Crippen LogP contribution in [-0.2, 0) is 0 Å². The topological polar surface area (TPSA) is 71.2 Å². The molecule has 0 unspecified atom stereocenters. The molecule has 1 saturated carbocycles. The maximum atomic E-state index is 4.24. The molecule has 1 fully saturated rings. The summed E-state index contributed by atoms with van der Waals surface area (Å²) in [7, 11) is 2.16. The van der Waals surface area contributed by atoms with Gasteiger partial charge in [0.05, 0.1) is 0 Å².